The number of pyridine rings is 1. The van der Waals surface area contributed by atoms with Crippen molar-refractivity contribution in [3.05, 3.63) is 52.1 Å². The Balaban J connectivity index is 1.86. The number of halogens is 1. The molecule has 0 amide bonds. The van der Waals surface area contributed by atoms with Crippen LogP contribution in [-0.4, -0.2) is 4.98 Å². The van der Waals surface area contributed by atoms with Crippen LogP contribution in [0.25, 0.3) is 0 Å². The van der Waals surface area contributed by atoms with Crippen LogP contribution in [0.4, 0.5) is 11.5 Å². The number of rotatable bonds is 2. The van der Waals surface area contributed by atoms with Crippen molar-refractivity contribution >= 4 is 27.4 Å². The lowest BCUT2D eigenvalue weighted by Crippen LogP contribution is -1.94. The summed E-state index contributed by atoms with van der Waals surface area (Å²) < 4.78 is 0.851. The SMILES string of the molecule is Brc1cccc(Nc2ccc3c(c2)CCC3)n1. The van der Waals surface area contributed by atoms with Gasteiger partial charge in [-0.1, -0.05) is 12.1 Å². The Hall–Kier alpha value is -1.35. The largest absolute Gasteiger partial charge is 0.340 e. The molecule has 1 aliphatic rings. The zero-order valence-electron chi connectivity index (χ0n) is 9.41. The van der Waals surface area contributed by atoms with Gasteiger partial charge in [0.1, 0.15) is 10.4 Å². The molecule has 1 N–H and O–H groups in total. The van der Waals surface area contributed by atoms with E-state index in [1.165, 1.54) is 30.4 Å². The highest BCUT2D eigenvalue weighted by atomic mass is 79.9. The number of aromatic nitrogens is 1. The number of hydrogen-bond donors (Lipinski definition) is 1. The molecule has 1 aromatic carbocycles. The fraction of sp³-hybridized carbons (Fsp3) is 0.214. The Morgan fingerprint density at radius 1 is 1.06 bits per heavy atom. The van der Waals surface area contributed by atoms with Crippen LogP contribution in [0.2, 0.25) is 0 Å². The van der Waals surface area contributed by atoms with Crippen molar-refractivity contribution in [2.24, 2.45) is 0 Å². The third-order valence-electron chi connectivity index (χ3n) is 3.09. The molecule has 0 saturated heterocycles. The first-order chi connectivity index (χ1) is 8.31. The molecule has 0 spiro atoms. The van der Waals surface area contributed by atoms with Crippen LogP contribution in [0.1, 0.15) is 17.5 Å². The Kier molecular flexibility index (Phi) is 2.85. The Morgan fingerprint density at radius 3 is 2.82 bits per heavy atom. The van der Waals surface area contributed by atoms with Crippen LogP contribution in [0, 0.1) is 0 Å². The third-order valence-corrected chi connectivity index (χ3v) is 3.53. The van der Waals surface area contributed by atoms with Crippen LogP contribution in [0.15, 0.2) is 41.0 Å². The van der Waals surface area contributed by atoms with E-state index in [1.54, 1.807) is 0 Å². The van der Waals surface area contributed by atoms with E-state index in [1.807, 2.05) is 18.2 Å². The summed E-state index contributed by atoms with van der Waals surface area (Å²) in [5.74, 6) is 0.873. The van der Waals surface area contributed by atoms with Crippen molar-refractivity contribution in [2.45, 2.75) is 19.3 Å². The molecular weight excluding hydrogens is 276 g/mol. The zero-order chi connectivity index (χ0) is 11.7. The summed E-state index contributed by atoms with van der Waals surface area (Å²) >= 11 is 3.37. The van der Waals surface area contributed by atoms with E-state index in [9.17, 15) is 0 Å². The molecule has 3 heteroatoms. The van der Waals surface area contributed by atoms with E-state index in [2.05, 4.69) is 44.4 Å². The molecular formula is C14H13BrN2. The molecule has 0 saturated carbocycles. The molecule has 1 heterocycles. The number of fused-ring (bicyclic) bond motifs is 1. The van der Waals surface area contributed by atoms with Gasteiger partial charge in [-0.05, 0) is 70.6 Å². The van der Waals surface area contributed by atoms with Gasteiger partial charge in [-0.25, -0.2) is 4.98 Å². The van der Waals surface area contributed by atoms with Crippen LogP contribution in [0.5, 0.6) is 0 Å². The first kappa shape index (κ1) is 10.8. The van der Waals surface area contributed by atoms with E-state index in [-0.39, 0.29) is 0 Å². The number of anilines is 2. The summed E-state index contributed by atoms with van der Waals surface area (Å²) in [5, 5.41) is 3.33. The average molecular weight is 289 g/mol. The number of nitrogens with one attached hydrogen (secondary N) is 1. The second-order valence-electron chi connectivity index (χ2n) is 4.31. The van der Waals surface area contributed by atoms with Gasteiger partial charge in [0.25, 0.3) is 0 Å². The molecule has 3 rings (SSSR count). The summed E-state index contributed by atoms with van der Waals surface area (Å²) in [6, 6.07) is 12.5. The molecule has 1 aliphatic carbocycles. The summed E-state index contributed by atoms with van der Waals surface area (Å²) in [6.45, 7) is 0. The quantitative estimate of drug-likeness (QED) is 0.843. The van der Waals surface area contributed by atoms with Gasteiger partial charge < -0.3 is 5.32 Å². The van der Waals surface area contributed by atoms with Gasteiger partial charge in [0.15, 0.2) is 0 Å². The maximum Gasteiger partial charge on any atom is 0.131 e. The van der Waals surface area contributed by atoms with E-state index < -0.39 is 0 Å². The third kappa shape index (κ3) is 2.34. The van der Waals surface area contributed by atoms with E-state index in [4.69, 9.17) is 0 Å². The van der Waals surface area contributed by atoms with Crippen molar-refractivity contribution in [1.82, 2.24) is 4.98 Å². The van der Waals surface area contributed by atoms with Gasteiger partial charge in [-0.15, -0.1) is 0 Å². The summed E-state index contributed by atoms with van der Waals surface area (Å²) in [5.41, 5.74) is 4.10. The summed E-state index contributed by atoms with van der Waals surface area (Å²) in [6.07, 6.45) is 3.72. The predicted molar refractivity (Wildman–Crippen MR) is 73.7 cm³/mol. The van der Waals surface area contributed by atoms with Gasteiger partial charge in [0.2, 0.25) is 0 Å². The number of aryl methyl sites for hydroxylation is 2. The van der Waals surface area contributed by atoms with Crippen molar-refractivity contribution in [3.63, 3.8) is 0 Å². The second kappa shape index (κ2) is 4.49. The lowest BCUT2D eigenvalue weighted by Gasteiger charge is -2.07. The van der Waals surface area contributed by atoms with Crippen LogP contribution < -0.4 is 5.32 Å². The van der Waals surface area contributed by atoms with Crippen LogP contribution >= 0.6 is 15.9 Å². The van der Waals surface area contributed by atoms with Crippen molar-refractivity contribution < 1.29 is 0 Å². The van der Waals surface area contributed by atoms with Crippen LogP contribution in [0.3, 0.4) is 0 Å². The summed E-state index contributed by atoms with van der Waals surface area (Å²) in [7, 11) is 0. The highest BCUT2D eigenvalue weighted by molar-refractivity contribution is 9.10. The van der Waals surface area contributed by atoms with Crippen molar-refractivity contribution in [1.29, 1.82) is 0 Å². The molecule has 86 valence electrons. The van der Waals surface area contributed by atoms with Crippen LogP contribution in [-0.2, 0) is 12.8 Å². The molecule has 0 fully saturated rings. The van der Waals surface area contributed by atoms with Gasteiger partial charge in [-0.3, -0.25) is 0 Å². The van der Waals surface area contributed by atoms with Gasteiger partial charge in [0, 0.05) is 5.69 Å². The van der Waals surface area contributed by atoms with Gasteiger partial charge >= 0.3 is 0 Å². The first-order valence-corrected chi connectivity index (χ1v) is 6.62. The fourth-order valence-electron chi connectivity index (χ4n) is 2.28. The standard InChI is InChI=1S/C14H13BrN2/c15-13-5-2-6-14(17-13)16-12-8-7-10-3-1-4-11(10)9-12/h2,5-9H,1,3-4H2,(H,16,17). The molecule has 2 nitrogen and oxygen atoms in total. The average Bonchev–Trinajstić information content (AvgIpc) is 2.76. The monoisotopic (exact) mass is 288 g/mol. The summed E-state index contributed by atoms with van der Waals surface area (Å²) in [4.78, 5) is 4.37. The van der Waals surface area contributed by atoms with E-state index >= 15 is 0 Å². The van der Waals surface area contributed by atoms with E-state index in [0.29, 0.717) is 0 Å². The maximum absolute atomic E-state index is 4.37. The lowest BCUT2D eigenvalue weighted by atomic mass is 10.1. The molecule has 0 atom stereocenters. The normalized spacial score (nSPS) is 13.5. The van der Waals surface area contributed by atoms with E-state index in [0.717, 1.165) is 16.1 Å². The topological polar surface area (TPSA) is 24.9 Å². The highest BCUT2D eigenvalue weighted by Gasteiger charge is 2.10. The Bertz CT molecular complexity index is 552. The molecule has 17 heavy (non-hydrogen) atoms. The fourth-order valence-corrected chi connectivity index (χ4v) is 2.62. The molecule has 0 bridgehead atoms. The number of benzene rings is 1. The molecule has 0 aliphatic heterocycles. The highest BCUT2D eigenvalue weighted by Crippen LogP contribution is 2.26. The zero-order valence-corrected chi connectivity index (χ0v) is 11.0. The number of nitrogens with zero attached hydrogens (tertiary/aromatic N) is 1. The molecule has 0 radical (unpaired) electrons. The lowest BCUT2D eigenvalue weighted by molar-refractivity contribution is 0.912. The molecule has 1 aromatic heterocycles. The minimum absolute atomic E-state index is 0.851. The Labute approximate surface area is 109 Å². The number of hydrogen-bond acceptors (Lipinski definition) is 2. The maximum atomic E-state index is 4.37. The smallest absolute Gasteiger partial charge is 0.131 e. The minimum Gasteiger partial charge on any atom is -0.340 e. The van der Waals surface area contributed by atoms with Gasteiger partial charge in [-0.2, -0.15) is 0 Å². The predicted octanol–water partition coefficient (Wildman–Crippen LogP) is 4.08. The first-order valence-electron chi connectivity index (χ1n) is 5.83. The second-order valence-corrected chi connectivity index (χ2v) is 5.12. The van der Waals surface area contributed by atoms with Crippen molar-refractivity contribution in [3.8, 4) is 0 Å². The van der Waals surface area contributed by atoms with Crippen molar-refractivity contribution in [2.75, 3.05) is 5.32 Å². The molecule has 0 unspecified atom stereocenters. The minimum atomic E-state index is 0.851. The van der Waals surface area contributed by atoms with Gasteiger partial charge in [0.05, 0.1) is 0 Å². The molecule has 2 aromatic rings. The Morgan fingerprint density at radius 2 is 1.94 bits per heavy atom.